The molecule has 1 heterocycles. The van der Waals surface area contributed by atoms with Crippen LogP contribution in [0.5, 0.6) is 0 Å². The van der Waals surface area contributed by atoms with Gasteiger partial charge in [-0.15, -0.1) is 0 Å². The fraction of sp³-hybridized carbons (Fsp3) is 0.733. The highest BCUT2D eigenvalue weighted by Crippen LogP contribution is 2.27. The van der Waals surface area contributed by atoms with Crippen molar-refractivity contribution in [3.8, 4) is 0 Å². The molecule has 122 valence electrons. The maximum Gasteiger partial charge on any atom is 0.244 e. The molecule has 0 aromatic carbocycles. The summed E-state index contributed by atoms with van der Waals surface area (Å²) in [4.78, 5) is 0.288. The lowest BCUT2D eigenvalue weighted by Crippen LogP contribution is -2.34. The molecule has 1 rings (SSSR count). The number of hydrogen-bond donors (Lipinski definition) is 2. The summed E-state index contributed by atoms with van der Waals surface area (Å²) in [5, 5.41) is 3.16. The molecule has 1 unspecified atom stereocenters. The van der Waals surface area contributed by atoms with E-state index in [2.05, 4.69) is 23.9 Å². The number of nitrogens with one attached hydrogen (secondary N) is 2. The molecule has 1 atom stereocenters. The molecule has 1 aromatic heterocycles. The Balaban J connectivity index is 3.07. The van der Waals surface area contributed by atoms with E-state index >= 15 is 0 Å². The van der Waals surface area contributed by atoms with Crippen molar-refractivity contribution >= 4 is 10.0 Å². The number of aryl methyl sites for hydroxylation is 2. The van der Waals surface area contributed by atoms with E-state index < -0.39 is 10.0 Å². The fourth-order valence-electron chi connectivity index (χ4n) is 2.60. The van der Waals surface area contributed by atoms with Gasteiger partial charge in [0.2, 0.25) is 10.0 Å². The highest BCUT2D eigenvalue weighted by molar-refractivity contribution is 7.89. The van der Waals surface area contributed by atoms with E-state index in [1.54, 1.807) is 13.8 Å². The summed E-state index contributed by atoms with van der Waals surface area (Å²) in [5.41, 5.74) is 0.721. The molecule has 0 saturated carbocycles. The van der Waals surface area contributed by atoms with E-state index in [0.29, 0.717) is 24.0 Å². The van der Waals surface area contributed by atoms with Crippen molar-refractivity contribution in [1.82, 2.24) is 10.0 Å². The third-order valence-electron chi connectivity index (χ3n) is 3.33. The van der Waals surface area contributed by atoms with Gasteiger partial charge in [0, 0.05) is 18.2 Å². The molecule has 0 bridgehead atoms. The van der Waals surface area contributed by atoms with Crippen LogP contribution in [0.15, 0.2) is 9.31 Å². The second kappa shape index (κ2) is 7.42. The summed E-state index contributed by atoms with van der Waals surface area (Å²) in [6.07, 6.45) is 0.803. The van der Waals surface area contributed by atoms with E-state index in [1.165, 1.54) is 0 Å². The summed E-state index contributed by atoms with van der Waals surface area (Å²) < 4.78 is 33.6. The van der Waals surface area contributed by atoms with Crippen LogP contribution >= 0.6 is 0 Å². The molecule has 0 amide bonds. The average molecular weight is 316 g/mol. The molecule has 0 aliphatic heterocycles. The zero-order valence-electron chi connectivity index (χ0n) is 13.9. The number of hydrogen-bond acceptors (Lipinski definition) is 4. The van der Waals surface area contributed by atoms with Gasteiger partial charge in [-0.05, 0) is 39.7 Å². The van der Waals surface area contributed by atoms with Crippen molar-refractivity contribution < 1.29 is 12.8 Å². The minimum absolute atomic E-state index is 0.100. The smallest absolute Gasteiger partial charge is 0.244 e. The minimum Gasteiger partial charge on any atom is -0.465 e. The van der Waals surface area contributed by atoms with Crippen LogP contribution in [0.4, 0.5) is 0 Å². The van der Waals surface area contributed by atoms with E-state index in [9.17, 15) is 8.42 Å². The Labute approximate surface area is 128 Å². The monoisotopic (exact) mass is 316 g/mol. The van der Waals surface area contributed by atoms with Crippen LogP contribution in [-0.4, -0.2) is 21.0 Å². The Hall–Kier alpha value is -0.850. The molecule has 0 spiro atoms. The lowest BCUT2D eigenvalue weighted by Gasteiger charge is -2.16. The largest absolute Gasteiger partial charge is 0.465 e. The molecule has 0 fully saturated rings. The molecule has 1 aromatic rings. The maximum absolute atomic E-state index is 12.6. The third-order valence-corrected chi connectivity index (χ3v) is 5.11. The highest BCUT2D eigenvalue weighted by Gasteiger charge is 2.27. The van der Waals surface area contributed by atoms with Crippen LogP contribution in [0.2, 0.25) is 0 Å². The van der Waals surface area contributed by atoms with Crippen LogP contribution in [0.25, 0.3) is 0 Å². The highest BCUT2D eigenvalue weighted by atomic mass is 32.2. The van der Waals surface area contributed by atoms with Crippen LogP contribution in [0.1, 0.15) is 51.2 Å². The van der Waals surface area contributed by atoms with Crippen molar-refractivity contribution in [1.29, 1.82) is 0 Å². The first-order valence-electron chi connectivity index (χ1n) is 7.50. The Kier molecular flexibility index (Phi) is 6.43. The van der Waals surface area contributed by atoms with Crippen LogP contribution in [0.3, 0.4) is 0 Å². The summed E-state index contributed by atoms with van der Waals surface area (Å²) in [5.74, 6) is 1.55. The predicted molar refractivity (Wildman–Crippen MR) is 84.8 cm³/mol. The topological polar surface area (TPSA) is 71.3 Å². The van der Waals surface area contributed by atoms with Crippen LogP contribution in [0, 0.1) is 19.8 Å². The van der Waals surface area contributed by atoms with Gasteiger partial charge in [-0.25, -0.2) is 13.1 Å². The molecular weight excluding hydrogens is 288 g/mol. The lowest BCUT2D eigenvalue weighted by molar-refractivity contribution is 0.478. The Bertz CT molecular complexity index is 562. The van der Waals surface area contributed by atoms with Gasteiger partial charge in [0.05, 0.1) is 0 Å². The quantitative estimate of drug-likeness (QED) is 0.773. The van der Waals surface area contributed by atoms with Crippen molar-refractivity contribution in [2.24, 2.45) is 5.92 Å². The standard InChI is InChI=1S/C15H28N2O3S/c1-7-16-9-14-12(5)20-13(6)15(14)21(18,19)17-11(4)8-10(2)3/h10-11,16-17H,7-9H2,1-6H3. The van der Waals surface area contributed by atoms with Gasteiger partial charge in [-0.1, -0.05) is 20.8 Å². The minimum atomic E-state index is -3.56. The fourth-order valence-corrected chi connectivity index (χ4v) is 4.30. The second-order valence-electron chi connectivity index (χ2n) is 5.95. The summed E-state index contributed by atoms with van der Waals surface area (Å²) in [6.45, 7) is 12.8. The SMILES string of the molecule is CCNCc1c(C)oc(C)c1S(=O)(=O)NC(C)CC(C)C. The normalized spacial score (nSPS) is 13.9. The molecule has 0 aliphatic rings. The van der Waals surface area contributed by atoms with Gasteiger partial charge in [0.1, 0.15) is 16.4 Å². The van der Waals surface area contributed by atoms with Gasteiger partial charge in [0.15, 0.2) is 0 Å². The number of furan rings is 1. The van der Waals surface area contributed by atoms with Gasteiger partial charge in [-0.2, -0.15) is 0 Å². The van der Waals surface area contributed by atoms with Gasteiger partial charge >= 0.3 is 0 Å². The van der Waals surface area contributed by atoms with E-state index in [4.69, 9.17) is 4.42 Å². The van der Waals surface area contributed by atoms with Crippen molar-refractivity contribution in [2.45, 2.75) is 65.4 Å². The first-order valence-corrected chi connectivity index (χ1v) is 8.99. The summed E-state index contributed by atoms with van der Waals surface area (Å²) in [6, 6.07) is -0.100. The maximum atomic E-state index is 12.6. The molecule has 0 saturated heterocycles. The molecular formula is C15H28N2O3S. The molecule has 5 nitrogen and oxygen atoms in total. The zero-order chi connectivity index (χ0) is 16.2. The van der Waals surface area contributed by atoms with E-state index in [-0.39, 0.29) is 10.9 Å². The third kappa shape index (κ3) is 4.83. The Morgan fingerprint density at radius 1 is 1.14 bits per heavy atom. The summed E-state index contributed by atoms with van der Waals surface area (Å²) in [7, 11) is -3.56. The Morgan fingerprint density at radius 2 is 1.76 bits per heavy atom. The van der Waals surface area contributed by atoms with Crippen molar-refractivity contribution in [3.63, 3.8) is 0 Å². The number of sulfonamides is 1. The van der Waals surface area contributed by atoms with Gasteiger partial charge in [0.25, 0.3) is 0 Å². The van der Waals surface area contributed by atoms with Crippen molar-refractivity contribution in [2.75, 3.05) is 6.54 Å². The molecule has 2 N–H and O–H groups in total. The van der Waals surface area contributed by atoms with Crippen molar-refractivity contribution in [3.05, 3.63) is 17.1 Å². The molecule has 0 aliphatic carbocycles. The van der Waals surface area contributed by atoms with Crippen LogP contribution in [-0.2, 0) is 16.6 Å². The Morgan fingerprint density at radius 3 is 2.29 bits per heavy atom. The molecule has 0 radical (unpaired) electrons. The van der Waals surface area contributed by atoms with Gasteiger partial charge < -0.3 is 9.73 Å². The summed E-state index contributed by atoms with van der Waals surface area (Å²) >= 11 is 0. The van der Waals surface area contributed by atoms with E-state index in [1.807, 2.05) is 13.8 Å². The van der Waals surface area contributed by atoms with E-state index in [0.717, 1.165) is 18.5 Å². The number of rotatable bonds is 8. The first-order chi connectivity index (χ1) is 9.69. The lowest BCUT2D eigenvalue weighted by atomic mass is 10.1. The first kappa shape index (κ1) is 18.2. The average Bonchev–Trinajstić information content (AvgIpc) is 2.59. The molecule has 21 heavy (non-hydrogen) atoms. The second-order valence-corrected chi connectivity index (χ2v) is 7.61. The zero-order valence-corrected chi connectivity index (χ0v) is 14.7. The van der Waals surface area contributed by atoms with Gasteiger partial charge in [-0.3, -0.25) is 0 Å². The van der Waals surface area contributed by atoms with Crippen LogP contribution < -0.4 is 10.0 Å². The predicted octanol–water partition coefficient (Wildman–Crippen LogP) is 2.72. The molecule has 6 heteroatoms.